The predicted octanol–water partition coefficient (Wildman–Crippen LogP) is 0.250. The van der Waals surface area contributed by atoms with Crippen molar-refractivity contribution in [1.82, 2.24) is 5.09 Å². The maximum absolute atomic E-state index is 10.7. The largest absolute Gasteiger partial charge is 0.444 e. The summed E-state index contributed by atoms with van der Waals surface area (Å²) >= 11 is 0. The van der Waals surface area contributed by atoms with Crippen molar-refractivity contribution in [3.8, 4) is 0 Å². The molecule has 0 saturated heterocycles. The molecule has 0 aromatic rings. The van der Waals surface area contributed by atoms with E-state index in [1.807, 2.05) is 0 Å². The van der Waals surface area contributed by atoms with Crippen LogP contribution < -0.4 is 5.09 Å². The third-order valence-electron chi connectivity index (χ3n) is 0.938. The lowest BCUT2D eigenvalue weighted by Crippen LogP contribution is -2.25. The molecular formula is C4H10NO3P3. The second-order valence-electron chi connectivity index (χ2n) is 1.71. The minimum atomic E-state index is -0.464. The molecule has 11 heavy (non-hydrogen) atoms. The summed E-state index contributed by atoms with van der Waals surface area (Å²) in [6, 6.07) is -0.464. The molecule has 0 aliphatic heterocycles. The summed E-state index contributed by atoms with van der Waals surface area (Å²) in [6.07, 6.45) is 0.745. The number of rotatable bonds is 5. The Bertz CT molecular complexity index is 143. The van der Waals surface area contributed by atoms with E-state index in [0.29, 0.717) is 6.29 Å². The van der Waals surface area contributed by atoms with Crippen LogP contribution in [0.3, 0.4) is 0 Å². The van der Waals surface area contributed by atoms with E-state index in [1.165, 1.54) is 0 Å². The van der Waals surface area contributed by atoms with Gasteiger partial charge in [-0.1, -0.05) is 18.3 Å². The van der Waals surface area contributed by atoms with Gasteiger partial charge in [0.15, 0.2) is 0 Å². The van der Waals surface area contributed by atoms with Crippen LogP contribution in [0.5, 0.6) is 0 Å². The SMILES string of the molecule is O=C[C@@H](CC(=O)OPP)NP. The van der Waals surface area contributed by atoms with E-state index in [-0.39, 0.29) is 20.9 Å². The molecule has 0 aliphatic carbocycles. The average molecular weight is 213 g/mol. The molecule has 0 fully saturated rings. The monoisotopic (exact) mass is 213 g/mol. The van der Waals surface area contributed by atoms with Crippen LogP contribution in [0, 0.1) is 0 Å². The average Bonchev–Trinajstić information content (AvgIpc) is 2.01. The topological polar surface area (TPSA) is 55.4 Å². The molecule has 3 unspecified atom stereocenters. The molecule has 0 spiro atoms. The van der Waals surface area contributed by atoms with Crippen LogP contribution in [0.1, 0.15) is 6.42 Å². The van der Waals surface area contributed by atoms with Gasteiger partial charge in [0.05, 0.1) is 21.0 Å². The first-order valence-electron chi connectivity index (χ1n) is 2.81. The van der Waals surface area contributed by atoms with Gasteiger partial charge in [-0.15, -0.1) is 0 Å². The fourth-order valence-corrected chi connectivity index (χ4v) is 1.24. The van der Waals surface area contributed by atoms with Crippen LogP contribution in [0.15, 0.2) is 0 Å². The van der Waals surface area contributed by atoms with Crippen molar-refractivity contribution >= 4 is 39.1 Å². The summed E-state index contributed by atoms with van der Waals surface area (Å²) in [5, 5.41) is 2.59. The Hall–Kier alpha value is 0.390. The lowest BCUT2D eigenvalue weighted by molar-refractivity contribution is -0.134. The number of hydrogen-bond donors (Lipinski definition) is 1. The van der Waals surface area contributed by atoms with E-state index in [2.05, 4.69) is 27.9 Å². The minimum Gasteiger partial charge on any atom is -0.444 e. The van der Waals surface area contributed by atoms with Crippen LogP contribution in [-0.4, -0.2) is 18.3 Å². The Kier molecular flexibility index (Phi) is 7.31. The fourth-order valence-electron chi connectivity index (χ4n) is 0.433. The molecule has 4 nitrogen and oxygen atoms in total. The molecule has 64 valence electrons. The van der Waals surface area contributed by atoms with E-state index in [4.69, 9.17) is 0 Å². The Labute approximate surface area is 71.4 Å². The maximum atomic E-state index is 10.7. The van der Waals surface area contributed by atoms with Crippen molar-refractivity contribution in [2.24, 2.45) is 0 Å². The standard InChI is InChI=1S/C4H10NO3P3/c6-2-3(5-9)1-4(7)8-11-10/h2-3,5,11H,1,9-10H2/t3-/m1/s1. The molecule has 0 heterocycles. The van der Waals surface area contributed by atoms with Crippen LogP contribution in [0.2, 0.25) is 0 Å². The maximum Gasteiger partial charge on any atom is 0.310 e. The Balaban J connectivity index is 3.62. The molecule has 0 bridgehead atoms. The minimum absolute atomic E-state index is 0.0571. The van der Waals surface area contributed by atoms with Gasteiger partial charge >= 0.3 is 5.97 Å². The normalized spacial score (nSPS) is 13.3. The summed E-state index contributed by atoms with van der Waals surface area (Å²) in [5.74, 6) is -0.370. The van der Waals surface area contributed by atoms with Crippen molar-refractivity contribution < 1.29 is 14.1 Å². The smallest absolute Gasteiger partial charge is 0.310 e. The fraction of sp³-hybridized carbons (Fsp3) is 0.500. The number of hydrogen-bond acceptors (Lipinski definition) is 4. The Morgan fingerprint density at radius 1 is 1.82 bits per heavy atom. The van der Waals surface area contributed by atoms with E-state index in [9.17, 15) is 9.59 Å². The number of carbonyl (C=O) groups is 2. The molecule has 0 saturated carbocycles. The summed E-state index contributed by atoms with van der Waals surface area (Å²) in [5.41, 5.74) is 0. The highest BCUT2D eigenvalue weighted by Gasteiger charge is 2.10. The summed E-state index contributed by atoms with van der Waals surface area (Å²) in [7, 11) is 4.52. The van der Waals surface area contributed by atoms with Gasteiger partial charge in [-0.2, -0.15) is 0 Å². The molecule has 0 aliphatic rings. The number of carbonyl (C=O) groups excluding carboxylic acids is 2. The molecule has 0 radical (unpaired) electrons. The summed E-state index contributed by atoms with van der Waals surface area (Å²) < 4.78 is 4.62. The first-order valence-corrected chi connectivity index (χ1v) is 6.10. The second-order valence-corrected chi connectivity index (χ2v) is 3.19. The quantitative estimate of drug-likeness (QED) is 0.525. The molecular weight excluding hydrogens is 203 g/mol. The highest BCUT2D eigenvalue weighted by atomic mass is 32.0. The highest BCUT2D eigenvalue weighted by molar-refractivity contribution is 8.00. The molecule has 0 rings (SSSR count). The predicted molar refractivity (Wildman–Crippen MR) is 51.4 cm³/mol. The van der Waals surface area contributed by atoms with Crippen molar-refractivity contribution in [2.45, 2.75) is 12.5 Å². The van der Waals surface area contributed by atoms with Gasteiger partial charge in [-0.05, 0) is 0 Å². The molecule has 7 heteroatoms. The van der Waals surface area contributed by atoms with Crippen LogP contribution in [0.4, 0.5) is 0 Å². The van der Waals surface area contributed by atoms with Gasteiger partial charge in [0.25, 0.3) is 0 Å². The van der Waals surface area contributed by atoms with Crippen molar-refractivity contribution in [1.29, 1.82) is 0 Å². The van der Waals surface area contributed by atoms with Crippen molar-refractivity contribution in [3.63, 3.8) is 0 Å². The Morgan fingerprint density at radius 3 is 2.82 bits per heavy atom. The van der Waals surface area contributed by atoms with E-state index >= 15 is 0 Å². The lowest BCUT2D eigenvalue weighted by atomic mass is 10.2. The third kappa shape index (κ3) is 5.64. The second kappa shape index (κ2) is 7.06. The highest BCUT2D eigenvalue weighted by Crippen LogP contribution is 2.21. The molecule has 0 aromatic carbocycles. The summed E-state index contributed by atoms with van der Waals surface area (Å²) in [4.78, 5) is 20.9. The zero-order valence-electron chi connectivity index (χ0n) is 5.74. The van der Waals surface area contributed by atoms with Gasteiger partial charge in [-0.3, -0.25) is 9.88 Å². The van der Waals surface area contributed by atoms with E-state index in [0.717, 1.165) is 0 Å². The van der Waals surface area contributed by atoms with Gasteiger partial charge in [-0.25, -0.2) is 0 Å². The number of aldehydes is 1. The zero-order chi connectivity index (χ0) is 8.69. The zero-order valence-corrected chi connectivity index (χ0v) is 9.05. The third-order valence-corrected chi connectivity index (χ3v) is 2.06. The van der Waals surface area contributed by atoms with Crippen LogP contribution in [-0.2, 0) is 14.1 Å². The van der Waals surface area contributed by atoms with E-state index in [1.54, 1.807) is 0 Å². The number of nitrogens with one attached hydrogen (secondary N) is 1. The van der Waals surface area contributed by atoms with E-state index < -0.39 is 6.04 Å². The lowest BCUT2D eigenvalue weighted by Gasteiger charge is -2.06. The summed E-state index contributed by atoms with van der Waals surface area (Å²) in [6.45, 7) is 0. The van der Waals surface area contributed by atoms with Gasteiger partial charge in [0, 0.05) is 0 Å². The molecule has 0 amide bonds. The van der Waals surface area contributed by atoms with Crippen LogP contribution >= 0.6 is 26.8 Å². The van der Waals surface area contributed by atoms with Gasteiger partial charge in [0.2, 0.25) is 0 Å². The van der Waals surface area contributed by atoms with Crippen molar-refractivity contribution in [2.75, 3.05) is 0 Å². The van der Waals surface area contributed by atoms with Gasteiger partial charge in [0.1, 0.15) is 6.29 Å². The van der Waals surface area contributed by atoms with Gasteiger partial charge < -0.3 is 9.32 Å². The van der Waals surface area contributed by atoms with Crippen LogP contribution in [0.25, 0.3) is 0 Å². The van der Waals surface area contributed by atoms with Crippen molar-refractivity contribution in [3.05, 3.63) is 0 Å². The molecule has 4 atom stereocenters. The first-order chi connectivity index (χ1) is 5.24. The molecule has 1 N–H and O–H groups in total. The molecule has 0 aromatic heterocycles. The first kappa shape index (κ1) is 11.4. The Morgan fingerprint density at radius 2 is 2.45 bits per heavy atom.